The maximum absolute atomic E-state index is 11.5. The molecule has 1 N–H and O–H groups in total. The molecule has 128 valence electrons. The van der Waals surface area contributed by atoms with Crippen LogP contribution in [0.15, 0.2) is 4.52 Å². The van der Waals surface area contributed by atoms with Crippen LogP contribution >= 0.6 is 0 Å². The molecule has 0 spiro atoms. The first-order valence-corrected chi connectivity index (χ1v) is 8.48. The first kappa shape index (κ1) is 16.4. The lowest BCUT2D eigenvalue weighted by molar-refractivity contribution is -0.130. The van der Waals surface area contributed by atoms with E-state index in [2.05, 4.69) is 15.0 Å². The molecule has 7 nitrogen and oxygen atoms in total. The topological polar surface area (TPSA) is 82.7 Å². The molecule has 23 heavy (non-hydrogen) atoms. The molecule has 2 aliphatic heterocycles. The van der Waals surface area contributed by atoms with Crippen molar-refractivity contribution in [3.63, 3.8) is 0 Å². The summed E-state index contributed by atoms with van der Waals surface area (Å²) in [5.41, 5.74) is 0. The van der Waals surface area contributed by atoms with E-state index in [0.29, 0.717) is 30.7 Å². The van der Waals surface area contributed by atoms with Crippen LogP contribution < -0.4 is 0 Å². The van der Waals surface area contributed by atoms with Gasteiger partial charge in [0.05, 0.1) is 12.1 Å². The van der Waals surface area contributed by atoms with Crippen molar-refractivity contribution in [3.8, 4) is 0 Å². The minimum atomic E-state index is -0.361. The fraction of sp³-hybridized carbons (Fsp3) is 0.812. The van der Waals surface area contributed by atoms with Crippen LogP contribution in [-0.4, -0.2) is 62.7 Å². The summed E-state index contributed by atoms with van der Waals surface area (Å²) in [6.45, 7) is 7.88. The summed E-state index contributed by atoms with van der Waals surface area (Å²) in [6, 6.07) is 0.334. The number of aromatic nitrogens is 2. The predicted molar refractivity (Wildman–Crippen MR) is 83.7 cm³/mol. The van der Waals surface area contributed by atoms with E-state index >= 15 is 0 Å². The Morgan fingerprint density at radius 2 is 2.04 bits per heavy atom. The molecule has 1 aromatic heterocycles. The zero-order valence-electron chi connectivity index (χ0n) is 14.1. The fourth-order valence-corrected chi connectivity index (χ4v) is 3.61. The van der Waals surface area contributed by atoms with Crippen LogP contribution in [-0.2, 0) is 4.79 Å². The van der Waals surface area contributed by atoms with Gasteiger partial charge in [-0.1, -0.05) is 19.0 Å². The third kappa shape index (κ3) is 3.40. The molecule has 2 saturated heterocycles. The molecule has 0 aromatic carbocycles. The third-order valence-electron chi connectivity index (χ3n) is 4.95. The average Bonchev–Trinajstić information content (AvgIpc) is 3.13. The summed E-state index contributed by atoms with van der Waals surface area (Å²) >= 11 is 0. The quantitative estimate of drug-likeness (QED) is 0.903. The monoisotopic (exact) mass is 322 g/mol. The number of β-amino-alcohol motifs (C(OH)–C–C–N with tert-alkyl or cyclic N) is 1. The minimum Gasteiger partial charge on any atom is -0.392 e. The van der Waals surface area contributed by atoms with Gasteiger partial charge in [0.1, 0.15) is 0 Å². The molecule has 2 atom stereocenters. The average molecular weight is 322 g/mol. The molecule has 1 aromatic rings. The van der Waals surface area contributed by atoms with E-state index in [1.807, 2.05) is 18.7 Å². The third-order valence-corrected chi connectivity index (χ3v) is 4.95. The lowest BCUT2D eigenvalue weighted by atomic mass is 10.0. The Hall–Kier alpha value is -1.47. The van der Waals surface area contributed by atoms with Gasteiger partial charge in [-0.05, 0) is 19.3 Å². The van der Waals surface area contributed by atoms with Crippen molar-refractivity contribution in [2.45, 2.75) is 64.1 Å². The number of carbonyl (C=O) groups is 1. The molecular weight excluding hydrogens is 296 g/mol. The standard InChI is InChI=1S/C16H26N4O3/c1-10(2)15-17-16(23-18-15)14-8-13(22)9-20(14)12-4-6-19(7-5-12)11(3)21/h10,12-14,22H,4-9H2,1-3H3/t13-,14+/m1/s1. The number of carbonyl (C=O) groups excluding carboxylic acids is 1. The van der Waals surface area contributed by atoms with Crippen LogP contribution in [0.1, 0.15) is 63.7 Å². The smallest absolute Gasteiger partial charge is 0.244 e. The minimum absolute atomic E-state index is 0.0149. The fourth-order valence-electron chi connectivity index (χ4n) is 3.61. The maximum atomic E-state index is 11.5. The summed E-state index contributed by atoms with van der Waals surface area (Å²) in [5.74, 6) is 1.69. The van der Waals surface area contributed by atoms with Gasteiger partial charge >= 0.3 is 0 Å². The summed E-state index contributed by atoms with van der Waals surface area (Å²) in [6.07, 6.45) is 2.12. The van der Waals surface area contributed by atoms with Gasteiger partial charge in [0.2, 0.25) is 11.8 Å². The molecule has 3 heterocycles. The number of piperidine rings is 1. The first-order valence-electron chi connectivity index (χ1n) is 8.48. The molecule has 0 bridgehead atoms. The highest BCUT2D eigenvalue weighted by Gasteiger charge is 2.40. The van der Waals surface area contributed by atoms with E-state index in [0.717, 1.165) is 25.9 Å². The number of nitrogens with zero attached hydrogens (tertiary/aromatic N) is 4. The van der Waals surface area contributed by atoms with Crippen LogP contribution in [0.2, 0.25) is 0 Å². The molecule has 0 aliphatic carbocycles. The number of rotatable bonds is 3. The van der Waals surface area contributed by atoms with Gasteiger partial charge in [0.25, 0.3) is 0 Å². The highest BCUT2D eigenvalue weighted by molar-refractivity contribution is 5.73. The number of aliphatic hydroxyl groups is 1. The molecule has 1 amide bonds. The van der Waals surface area contributed by atoms with Crippen LogP contribution in [0.3, 0.4) is 0 Å². The Morgan fingerprint density at radius 1 is 1.35 bits per heavy atom. The lowest BCUT2D eigenvalue weighted by Gasteiger charge is -2.38. The van der Waals surface area contributed by atoms with Crippen LogP contribution in [0.5, 0.6) is 0 Å². The van der Waals surface area contributed by atoms with E-state index in [4.69, 9.17) is 4.52 Å². The van der Waals surface area contributed by atoms with Crippen LogP contribution in [0.4, 0.5) is 0 Å². The molecule has 2 aliphatic rings. The Bertz CT molecular complexity index is 551. The predicted octanol–water partition coefficient (Wildman–Crippen LogP) is 1.31. The summed E-state index contributed by atoms with van der Waals surface area (Å²) in [4.78, 5) is 20.2. The molecule has 7 heteroatoms. The Balaban J connectivity index is 1.71. The van der Waals surface area contributed by atoms with Crippen LogP contribution in [0, 0.1) is 0 Å². The number of amides is 1. The van der Waals surface area contributed by atoms with E-state index < -0.39 is 0 Å². The maximum Gasteiger partial charge on any atom is 0.244 e. The second-order valence-electron chi connectivity index (χ2n) is 6.98. The van der Waals surface area contributed by atoms with Gasteiger partial charge in [-0.2, -0.15) is 4.98 Å². The Morgan fingerprint density at radius 3 is 2.61 bits per heavy atom. The van der Waals surface area contributed by atoms with Gasteiger partial charge in [0.15, 0.2) is 5.82 Å². The van der Waals surface area contributed by atoms with Gasteiger partial charge < -0.3 is 14.5 Å². The van der Waals surface area contributed by atoms with Gasteiger partial charge in [-0.25, -0.2) is 0 Å². The Labute approximate surface area is 136 Å². The van der Waals surface area contributed by atoms with E-state index in [1.165, 1.54) is 0 Å². The SMILES string of the molecule is CC(=O)N1CCC(N2C[C@H](O)C[C@H]2c2nc(C(C)C)no2)CC1. The summed E-state index contributed by atoms with van der Waals surface area (Å²) in [7, 11) is 0. The molecule has 3 rings (SSSR count). The van der Waals surface area contributed by atoms with Gasteiger partial charge in [0, 0.05) is 38.5 Å². The zero-order chi connectivity index (χ0) is 16.6. The molecule has 0 unspecified atom stereocenters. The number of hydrogen-bond acceptors (Lipinski definition) is 6. The highest BCUT2D eigenvalue weighted by Crippen LogP contribution is 2.36. The molecule has 0 saturated carbocycles. The summed E-state index contributed by atoms with van der Waals surface area (Å²) in [5, 5.41) is 14.2. The molecule has 0 radical (unpaired) electrons. The van der Waals surface area contributed by atoms with Gasteiger partial charge in [-0.3, -0.25) is 9.69 Å². The highest BCUT2D eigenvalue weighted by atomic mass is 16.5. The molecular formula is C16H26N4O3. The van der Waals surface area contributed by atoms with Crippen molar-refractivity contribution < 1.29 is 14.4 Å². The first-order chi connectivity index (χ1) is 11.0. The lowest BCUT2D eigenvalue weighted by Crippen LogP contribution is -2.46. The van der Waals surface area contributed by atoms with E-state index in [-0.39, 0.29) is 24.0 Å². The zero-order valence-corrected chi connectivity index (χ0v) is 14.1. The van der Waals surface area contributed by atoms with Crippen molar-refractivity contribution in [2.24, 2.45) is 0 Å². The van der Waals surface area contributed by atoms with Crippen molar-refractivity contribution >= 4 is 5.91 Å². The van der Waals surface area contributed by atoms with Crippen molar-refractivity contribution in [2.75, 3.05) is 19.6 Å². The number of likely N-dealkylation sites (tertiary alicyclic amines) is 2. The van der Waals surface area contributed by atoms with Crippen molar-refractivity contribution in [1.29, 1.82) is 0 Å². The van der Waals surface area contributed by atoms with Crippen LogP contribution in [0.25, 0.3) is 0 Å². The largest absolute Gasteiger partial charge is 0.392 e. The number of hydrogen-bond donors (Lipinski definition) is 1. The second-order valence-corrected chi connectivity index (χ2v) is 6.98. The Kier molecular flexibility index (Phi) is 4.68. The van der Waals surface area contributed by atoms with E-state index in [9.17, 15) is 9.90 Å². The van der Waals surface area contributed by atoms with E-state index in [1.54, 1.807) is 6.92 Å². The number of aliphatic hydroxyl groups excluding tert-OH is 1. The second kappa shape index (κ2) is 6.57. The molecule has 2 fully saturated rings. The normalized spacial score (nSPS) is 27.1. The van der Waals surface area contributed by atoms with Crippen molar-refractivity contribution in [3.05, 3.63) is 11.7 Å². The van der Waals surface area contributed by atoms with Crippen molar-refractivity contribution in [1.82, 2.24) is 19.9 Å². The summed E-state index contributed by atoms with van der Waals surface area (Å²) < 4.78 is 5.46. The van der Waals surface area contributed by atoms with Gasteiger partial charge in [-0.15, -0.1) is 0 Å².